The van der Waals surface area contributed by atoms with Crippen LogP contribution in [0.25, 0.3) is 0 Å². The quantitative estimate of drug-likeness (QED) is 0.838. The van der Waals surface area contributed by atoms with Gasteiger partial charge in [-0.2, -0.15) is 0 Å². The predicted octanol–water partition coefficient (Wildman–Crippen LogP) is 4.96. The van der Waals surface area contributed by atoms with E-state index >= 15 is 0 Å². The Morgan fingerprint density at radius 3 is 2.65 bits per heavy atom. The highest BCUT2D eigenvalue weighted by atomic mass is 35.5. The zero-order valence-corrected chi connectivity index (χ0v) is 14.2. The van der Waals surface area contributed by atoms with E-state index in [4.69, 9.17) is 23.2 Å². The minimum atomic E-state index is 0.135. The summed E-state index contributed by atoms with van der Waals surface area (Å²) in [5, 5.41) is 6.04. The van der Waals surface area contributed by atoms with Crippen LogP contribution in [-0.4, -0.2) is 11.5 Å². The molecule has 2 aromatic rings. The Morgan fingerprint density at radius 1 is 1.30 bits per heavy atom. The summed E-state index contributed by atoms with van der Waals surface area (Å²) in [5.74, 6) is 0. The van der Waals surface area contributed by atoms with Crippen molar-refractivity contribution in [2.75, 3.05) is 6.54 Å². The first-order valence-electron chi connectivity index (χ1n) is 6.62. The highest BCUT2D eigenvalue weighted by Gasteiger charge is 2.17. The predicted molar refractivity (Wildman–Crippen MR) is 88.2 cm³/mol. The lowest BCUT2D eigenvalue weighted by atomic mass is 10.0. The normalized spacial score (nSPS) is 12.7. The van der Waals surface area contributed by atoms with Crippen LogP contribution >= 0.6 is 34.5 Å². The van der Waals surface area contributed by atoms with Crippen molar-refractivity contribution in [1.29, 1.82) is 0 Å². The van der Waals surface area contributed by atoms with Gasteiger partial charge in [0.2, 0.25) is 0 Å². The lowest BCUT2D eigenvalue weighted by Gasteiger charge is -2.18. The van der Waals surface area contributed by atoms with Gasteiger partial charge in [0, 0.05) is 27.4 Å². The molecule has 0 aliphatic rings. The number of thiazole rings is 1. The number of likely N-dealkylation sites (N-methyl/N-ethyl adjacent to an activating group) is 1. The van der Waals surface area contributed by atoms with E-state index in [-0.39, 0.29) is 6.04 Å². The van der Waals surface area contributed by atoms with Crippen molar-refractivity contribution in [3.05, 3.63) is 49.4 Å². The number of aryl methyl sites for hydroxylation is 2. The van der Waals surface area contributed by atoms with E-state index in [1.807, 2.05) is 25.1 Å². The van der Waals surface area contributed by atoms with Crippen LogP contribution < -0.4 is 5.32 Å². The zero-order valence-electron chi connectivity index (χ0n) is 11.8. The lowest BCUT2D eigenvalue weighted by molar-refractivity contribution is 0.548. The first kappa shape index (κ1) is 15.8. The number of hydrogen-bond acceptors (Lipinski definition) is 3. The Kier molecular flexibility index (Phi) is 5.44. The summed E-state index contributed by atoms with van der Waals surface area (Å²) in [6.07, 6.45) is 0.827. The fourth-order valence-corrected chi connectivity index (χ4v) is 3.53. The van der Waals surface area contributed by atoms with Crippen molar-refractivity contribution < 1.29 is 0 Å². The SMILES string of the molecule is CCNC(Cc1nc(C)c(C)s1)c1cc(Cl)ccc1Cl. The van der Waals surface area contributed by atoms with Crippen LogP contribution in [0.15, 0.2) is 18.2 Å². The Labute approximate surface area is 134 Å². The van der Waals surface area contributed by atoms with Crippen molar-refractivity contribution >= 4 is 34.5 Å². The number of nitrogens with one attached hydrogen (secondary N) is 1. The molecular weight excluding hydrogens is 311 g/mol. The monoisotopic (exact) mass is 328 g/mol. The molecule has 5 heteroatoms. The lowest BCUT2D eigenvalue weighted by Crippen LogP contribution is -2.23. The molecular formula is C15H18Cl2N2S. The Hall–Kier alpha value is -0.610. The number of benzene rings is 1. The van der Waals surface area contributed by atoms with Gasteiger partial charge in [-0.05, 0) is 44.2 Å². The van der Waals surface area contributed by atoms with Crippen LogP contribution in [0.1, 0.15) is 34.1 Å². The van der Waals surface area contributed by atoms with Crippen LogP contribution in [0, 0.1) is 13.8 Å². The summed E-state index contributed by atoms with van der Waals surface area (Å²) in [5.41, 5.74) is 2.14. The van der Waals surface area contributed by atoms with Gasteiger partial charge in [0.1, 0.15) is 0 Å². The molecule has 1 atom stereocenters. The van der Waals surface area contributed by atoms with Gasteiger partial charge in [-0.3, -0.25) is 0 Å². The van der Waals surface area contributed by atoms with Gasteiger partial charge in [0.25, 0.3) is 0 Å². The number of nitrogens with zero attached hydrogens (tertiary/aromatic N) is 1. The summed E-state index contributed by atoms with van der Waals surface area (Å²) in [6, 6.07) is 5.73. The molecule has 20 heavy (non-hydrogen) atoms. The maximum atomic E-state index is 6.31. The molecule has 108 valence electrons. The van der Waals surface area contributed by atoms with Crippen molar-refractivity contribution in [1.82, 2.24) is 10.3 Å². The van der Waals surface area contributed by atoms with E-state index in [1.165, 1.54) is 4.88 Å². The third-order valence-electron chi connectivity index (χ3n) is 3.24. The van der Waals surface area contributed by atoms with Crippen molar-refractivity contribution in [3.63, 3.8) is 0 Å². The Bertz CT molecular complexity index is 576. The number of rotatable bonds is 5. The molecule has 0 fully saturated rings. The molecule has 0 aliphatic carbocycles. The molecule has 0 spiro atoms. The van der Waals surface area contributed by atoms with E-state index in [0.717, 1.165) is 34.3 Å². The molecule has 1 N–H and O–H groups in total. The third kappa shape index (κ3) is 3.73. The van der Waals surface area contributed by atoms with Crippen LogP contribution in [0.4, 0.5) is 0 Å². The minimum absolute atomic E-state index is 0.135. The summed E-state index contributed by atoms with van der Waals surface area (Å²) >= 11 is 14.2. The Morgan fingerprint density at radius 2 is 2.05 bits per heavy atom. The summed E-state index contributed by atoms with van der Waals surface area (Å²) in [4.78, 5) is 5.88. The second kappa shape index (κ2) is 6.90. The zero-order chi connectivity index (χ0) is 14.7. The highest BCUT2D eigenvalue weighted by Crippen LogP contribution is 2.30. The molecule has 2 rings (SSSR count). The summed E-state index contributed by atoms with van der Waals surface area (Å²) in [7, 11) is 0. The number of halogens is 2. The largest absolute Gasteiger partial charge is 0.310 e. The fourth-order valence-electron chi connectivity index (χ4n) is 2.12. The van der Waals surface area contributed by atoms with Gasteiger partial charge in [-0.1, -0.05) is 30.1 Å². The van der Waals surface area contributed by atoms with E-state index in [2.05, 4.69) is 24.1 Å². The Balaban J connectivity index is 2.28. The topological polar surface area (TPSA) is 24.9 Å². The van der Waals surface area contributed by atoms with E-state index in [0.29, 0.717) is 5.02 Å². The van der Waals surface area contributed by atoms with E-state index in [1.54, 1.807) is 11.3 Å². The third-order valence-corrected chi connectivity index (χ3v) is 4.91. The molecule has 0 aliphatic heterocycles. The first-order valence-corrected chi connectivity index (χ1v) is 8.19. The molecule has 0 bridgehead atoms. The average Bonchev–Trinajstić information content (AvgIpc) is 2.71. The minimum Gasteiger partial charge on any atom is -0.310 e. The molecule has 1 heterocycles. The van der Waals surface area contributed by atoms with Gasteiger partial charge in [0.15, 0.2) is 0 Å². The van der Waals surface area contributed by atoms with Crippen LogP contribution in [0.3, 0.4) is 0 Å². The summed E-state index contributed by atoms with van der Waals surface area (Å²) in [6.45, 7) is 7.11. The second-order valence-corrected chi connectivity index (χ2v) is 6.86. The highest BCUT2D eigenvalue weighted by molar-refractivity contribution is 7.11. The number of aromatic nitrogens is 1. The molecule has 1 aromatic carbocycles. The first-order chi connectivity index (χ1) is 9.51. The van der Waals surface area contributed by atoms with E-state index in [9.17, 15) is 0 Å². The van der Waals surface area contributed by atoms with Crippen LogP contribution in [-0.2, 0) is 6.42 Å². The maximum absolute atomic E-state index is 6.31. The average molecular weight is 329 g/mol. The molecule has 0 saturated heterocycles. The fraction of sp³-hybridized carbons (Fsp3) is 0.400. The molecule has 0 radical (unpaired) electrons. The maximum Gasteiger partial charge on any atom is 0.0949 e. The number of hydrogen-bond donors (Lipinski definition) is 1. The van der Waals surface area contributed by atoms with Crippen molar-refractivity contribution in [2.24, 2.45) is 0 Å². The van der Waals surface area contributed by atoms with Gasteiger partial charge < -0.3 is 5.32 Å². The van der Waals surface area contributed by atoms with Crippen LogP contribution in [0.2, 0.25) is 10.0 Å². The van der Waals surface area contributed by atoms with Gasteiger partial charge >= 0.3 is 0 Å². The molecule has 2 nitrogen and oxygen atoms in total. The van der Waals surface area contributed by atoms with Crippen molar-refractivity contribution in [3.8, 4) is 0 Å². The van der Waals surface area contributed by atoms with Crippen molar-refractivity contribution in [2.45, 2.75) is 33.2 Å². The standard InChI is InChI=1S/C15H18Cl2N2S/c1-4-18-14(8-15-19-9(2)10(3)20-15)12-7-11(16)5-6-13(12)17/h5-7,14,18H,4,8H2,1-3H3. The molecule has 1 unspecified atom stereocenters. The van der Waals surface area contributed by atoms with Gasteiger partial charge in [-0.25, -0.2) is 4.98 Å². The molecule has 1 aromatic heterocycles. The van der Waals surface area contributed by atoms with E-state index < -0.39 is 0 Å². The van der Waals surface area contributed by atoms with Gasteiger partial charge in [0.05, 0.1) is 10.7 Å². The molecule has 0 saturated carbocycles. The summed E-state index contributed by atoms with van der Waals surface area (Å²) < 4.78 is 0. The smallest absolute Gasteiger partial charge is 0.0949 e. The molecule has 0 amide bonds. The van der Waals surface area contributed by atoms with Gasteiger partial charge in [-0.15, -0.1) is 11.3 Å². The van der Waals surface area contributed by atoms with Crippen LogP contribution in [0.5, 0.6) is 0 Å². The second-order valence-electron chi connectivity index (χ2n) is 4.73.